The number of hydrogen-bond donors (Lipinski definition) is 2. The van der Waals surface area contributed by atoms with Crippen molar-refractivity contribution in [3.05, 3.63) is 23.4 Å². The third kappa shape index (κ3) is 2.59. The molecule has 2 heterocycles. The van der Waals surface area contributed by atoms with Gasteiger partial charge in [0.25, 0.3) is 0 Å². The molecule has 0 bridgehead atoms. The highest BCUT2D eigenvalue weighted by Crippen LogP contribution is 2.13. The summed E-state index contributed by atoms with van der Waals surface area (Å²) in [5.41, 5.74) is 0. The summed E-state index contributed by atoms with van der Waals surface area (Å²) in [4.78, 5) is 4.21. The number of hydrogen-bond acceptors (Lipinski definition) is 3. The van der Waals surface area contributed by atoms with Gasteiger partial charge in [0, 0.05) is 12.2 Å². The number of rotatable bonds is 2. The van der Waals surface area contributed by atoms with Gasteiger partial charge in [0.05, 0.1) is 5.02 Å². The van der Waals surface area contributed by atoms with E-state index in [9.17, 15) is 0 Å². The molecule has 2 rings (SSSR count). The quantitative estimate of drug-likeness (QED) is 0.785. The highest BCUT2D eigenvalue weighted by molar-refractivity contribution is 6.30. The molecule has 0 radical (unpaired) electrons. The van der Waals surface area contributed by atoms with Gasteiger partial charge < -0.3 is 10.6 Å². The lowest BCUT2D eigenvalue weighted by molar-refractivity contribution is 0.478. The average Bonchev–Trinajstić information content (AvgIpc) is 2.23. The van der Waals surface area contributed by atoms with Gasteiger partial charge in [0.15, 0.2) is 0 Å². The molecule has 3 nitrogen and oxygen atoms in total. The van der Waals surface area contributed by atoms with Crippen LogP contribution in [0.15, 0.2) is 18.3 Å². The first-order valence-electron chi connectivity index (χ1n) is 4.93. The van der Waals surface area contributed by atoms with Crippen molar-refractivity contribution >= 4 is 17.4 Å². The highest BCUT2D eigenvalue weighted by Gasteiger charge is 2.12. The molecule has 1 aliphatic rings. The van der Waals surface area contributed by atoms with Crippen LogP contribution in [-0.4, -0.2) is 24.1 Å². The minimum absolute atomic E-state index is 0.546. The zero-order chi connectivity index (χ0) is 9.80. The molecule has 0 spiro atoms. The van der Waals surface area contributed by atoms with E-state index < -0.39 is 0 Å². The van der Waals surface area contributed by atoms with Gasteiger partial charge in [-0.2, -0.15) is 0 Å². The van der Waals surface area contributed by atoms with Crippen molar-refractivity contribution in [3.8, 4) is 0 Å². The lowest BCUT2D eigenvalue weighted by Crippen LogP contribution is -2.35. The Morgan fingerprint density at radius 3 is 2.79 bits per heavy atom. The van der Waals surface area contributed by atoms with E-state index in [-0.39, 0.29) is 0 Å². The normalized spacial score (nSPS) is 18.1. The van der Waals surface area contributed by atoms with Crippen molar-refractivity contribution in [2.24, 2.45) is 0 Å². The largest absolute Gasteiger partial charge is 0.367 e. The summed E-state index contributed by atoms with van der Waals surface area (Å²) in [6.45, 7) is 2.18. The van der Waals surface area contributed by atoms with Crippen molar-refractivity contribution < 1.29 is 0 Å². The van der Waals surface area contributed by atoms with Gasteiger partial charge in [-0.25, -0.2) is 4.98 Å². The van der Waals surface area contributed by atoms with E-state index in [1.54, 1.807) is 6.20 Å². The second-order valence-electron chi connectivity index (χ2n) is 3.53. The van der Waals surface area contributed by atoms with Crippen LogP contribution in [-0.2, 0) is 0 Å². The van der Waals surface area contributed by atoms with Gasteiger partial charge in [-0.05, 0) is 38.1 Å². The van der Waals surface area contributed by atoms with Crippen LogP contribution in [0.2, 0.25) is 5.02 Å². The molecule has 2 N–H and O–H groups in total. The lowest BCUT2D eigenvalue weighted by atomic mass is 10.1. The third-order valence-electron chi connectivity index (χ3n) is 2.42. The fraction of sp³-hybridized carbons (Fsp3) is 0.500. The van der Waals surface area contributed by atoms with E-state index in [1.807, 2.05) is 12.1 Å². The zero-order valence-corrected chi connectivity index (χ0v) is 8.72. The topological polar surface area (TPSA) is 37.0 Å². The van der Waals surface area contributed by atoms with Crippen LogP contribution in [0, 0.1) is 0 Å². The van der Waals surface area contributed by atoms with Crippen molar-refractivity contribution in [3.63, 3.8) is 0 Å². The Bertz CT molecular complexity index is 280. The van der Waals surface area contributed by atoms with Crippen molar-refractivity contribution in [1.29, 1.82) is 0 Å². The van der Waals surface area contributed by atoms with Gasteiger partial charge in [-0.3, -0.25) is 0 Å². The Kier molecular flexibility index (Phi) is 3.22. The zero-order valence-electron chi connectivity index (χ0n) is 7.96. The molecule has 1 aliphatic heterocycles. The van der Waals surface area contributed by atoms with Crippen LogP contribution in [0.4, 0.5) is 5.82 Å². The predicted molar refractivity (Wildman–Crippen MR) is 58.8 cm³/mol. The van der Waals surface area contributed by atoms with Gasteiger partial charge in [-0.1, -0.05) is 11.6 Å². The first kappa shape index (κ1) is 9.74. The first-order chi connectivity index (χ1) is 6.84. The molecule has 14 heavy (non-hydrogen) atoms. The minimum Gasteiger partial charge on any atom is -0.367 e. The SMILES string of the molecule is Clc1ccc(NC2CCNCC2)nc1. The number of nitrogens with one attached hydrogen (secondary N) is 2. The molecule has 4 heteroatoms. The van der Waals surface area contributed by atoms with Gasteiger partial charge in [0.1, 0.15) is 5.82 Å². The summed E-state index contributed by atoms with van der Waals surface area (Å²) in [5.74, 6) is 0.918. The smallest absolute Gasteiger partial charge is 0.126 e. The number of piperidine rings is 1. The van der Waals surface area contributed by atoms with Crippen molar-refractivity contribution in [2.45, 2.75) is 18.9 Å². The molecular formula is C10H14ClN3. The van der Waals surface area contributed by atoms with Gasteiger partial charge >= 0.3 is 0 Å². The number of pyridine rings is 1. The molecule has 0 atom stereocenters. The number of halogens is 1. The summed E-state index contributed by atoms with van der Waals surface area (Å²) in [6, 6.07) is 4.33. The molecule has 0 aliphatic carbocycles. The molecule has 1 saturated heterocycles. The second kappa shape index (κ2) is 4.62. The van der Waals surface area contributed by atoms with Gasteiger partial charge in [0.2, 0.25) is 0 Å². The first-order valence-corrected chi connectivity index (χ1v) is 5.31. The van der Waals surface area contributed by atoms with Crippen LogP contribution >= 0.6 is 11.6 Å². The average molecular weight is 212 g/mol. The van der Waals surface area contributed by atoms with E-state index >= 15 is 0 Å². The van der Waals surface area contributed by atoms with Crippen molar-refractivity contribution in [1.82, 2.24) is 10.3 Å². The maximum Gasteiger partial charge on any atom is 0.126 e. The molecule has 1 aromatic heterocycles. The molecule has 0 aromatic carbocycles. The fourth-order valence-electron chi connectivity index (χ4n) is 1.64. The van der Waals surface area contributed by atoms with Crippen LogP contribution < -0.4 is 10.6 Å². The van der Waals surface area contributed by atoms with Crippen LogP contribution in [0.1, 0.15) is 12.8 Å². The molecule has 1 fully saturated rings. The number of anilines is 1. The highest BCUT2D eigenvalue weighted by atomic mass is 35.5. The minimum atomic E-state index is 0.546. The number of aromatic nitrogens is 1. The molecule has 0 amide bonds. The summed E-state index contributed by atoms with van der Waals surface area (Å²) in [6.07, 6.45) is 3.99. The molecular weight excluding hydrogens is 198 g/mol. The summed E-state index contributed by atoms with van der Waals surface area (Å²) in [7, 11) is 0. The fourth-order valence-corrected chi connectivity index (χ4v) is 1.75. The summed E-state index contributed by atoms with van der Waals surface area (Å²) < 4.78 is 0. The van der Waals surface area contributed by atoms with Gasteiger partial charge in [-0.15, -0.1) is 0 Å². The summed E-state index contributed by atoms with van der Waals surface area (Å²) in [5, 5.41) is 7.41. The van der Waals surface area contributed by atoms with E-state index in [4.69, 9.17) is 11.6 Å². The molecule has 1 aromatic rings. The van der Waals surface area contributed by atoms with E-state index in [1.165, 1.54) is 0 Å². The maximum absolute atomic E-state index is 5.75. The maximum atomic E-state index is 5.75. The van der Waals surface area contributed by atoms with E-state index in [0.717, 1.165) is 31.7 Å². The molecule has 0 saturated carbocycles. The van der Waals surface area contributed by atoms with Crippen molar-refractivity contribution in [2.75, 3.05) is 18.4 Å². The lowest BCUT2D eigenvalue weighted by Gasteiger charge is -2.24. The van der Waals surface area contributed by atoms with Crippen LogP contribution in [0.3, 0.4) is 0 Å². The van der Waals surface area contributed by atoms with Crippen LogP contribution in [0.5, 0.6) is 0 Å². The molecule has 76 valence electrons. The monoisotopic (exact) mass is 211 g/mol. The Hall–Kier alpha value is -0.800. The van der Waals surface area contributed by atoms with Crippen LogP contribution in [0.25, 0.3) is 0 Å². The Morgan fingerprint density at radius 1 is 1.36 bits per heavy atom. The second-order valence-corrected chi connectivity index (χ2v) is 3.97. The van der Waals surface area contributed by atoms with E-state index in [0.29, 0.717) is 11.1 Å². The Balaban J connectivity index is 1.92. The molecule has 0 unspecified atom stereocenters. The standard InChI is InChI=1S/C10H14ClN3/c11-8-1-2-10(13-7-8)14-9-3-5-12-6-4-9/h1-2,7,9,12H,3-6H2,(H,13,14). The van der Waals surface area contributed by atoms with E-state index in [2.05, 4.69) is 15.6 Å². The predicted octanol–water partition coefficient (Wildman–Crippen LogP) is 1.90. The Labute approximate surface area is 88.9 Å². The number of nitrogens with zero attached hydrogens (tertiary/aromatic N) is 1. The summed E-state index contributed by atoms with van der Waals surface area (Å²) >= 11 is 5.75. The third-order valence-corrected chi connectivity index (χ3v) is 2.64. The Morgan fingerprint density at radius 2 is 2.14 bits per heavy atom.